The van der Waals surface area contributed by atoms with Crippen LogP contribution in [0.2, 0.25) is 0 Å². The second-order valence-electron chi connectivity index (χ2n) is 10.4. The van der Waals surface area contributed by atoms with Gasteiger partial charge >= 0.3 is 6.36 Å². The van der Waals surface area contributed by atoms with E-state index >= 15 is 0 Å². The number of hydrogen-bond donors (Lipinski definition) is 1. The van der Waals surface area contributed by atoms with E-state index in [9.17, 15) is 22.8 Å². The highest BCUT2D eigenvalue weighted by atomic mass is 19.4. The molecule has 2 saturated heterocycles. The number of pyridine rings is 1. The number of anilines is 1. The number of carbonyl (C=O) groups excluding carboxylic acids is 2. The van der Waals surface area contributed by atoms with Gasteiger partial charge in [0.2, 0.25) is 5.91 Å². The highest BCUT2D eigenvalue weighted by molar-refractivity contribution is 5.93. The Morgan fingerprint density at radius 3 is 2.63 bits per heavy atom. The van der Waals surface area contributed by atoms with E-state index in [0.29, 0.717) is 36.8 Å². The van der Waals surface area contributed by atoms with Crippen LogP contribution in [0.25, 0.3) is 6.08 Å². The highest BCUT2D eigenvalue weighted by Gasteiger charge is 2.50. The maximum atomic E-state index is 13.0. The summed E-state index contributed by atoms with van der Waals surface area (Å²) in [5.74, 6) is -0.354. The number of ether oxygens (including phenoxy) is 1. The SMILES string of the molecule is O=C(NC[C@]12CCC[C@H]1CN(C(=O)/C=C/c1ccc(OC(F)(F)F)cc1)C2)c1cc(N2CCCC2)ccn1. The molecule has 0 spiro atoms. The Hall–Kier alpha value is -3.56. The van der Waals surface area contributed by atoms with Crippen LogP contribution in [0.4, 0.5) is 18.9 Å². The average Bonchev–Trinajstić information content (AvgIpc) is 3.63. The zero-order valence-corrected chi connectivity index (χ0v) is 21.0. The molecule has 1 aromatic carbocycles. The molecule has 1 aliphatic carbocycles. The van der Waals surface area contributed by atoms with Crippen molar-refractivity contribution in [1.82, 2.24) is 15.2 Å². The molecular weight excluding hydrogens is 497 g/mol. The molecule has 38 heavy (non-hydrogen) atoms. The number of fused-ring (bicyclic) bond motifs is 1. The van der Waals surface area contributed by atoms with E-state index in [-0.39, 0.29) is 23.0 Å². The molecule has 2 aliphatic heterocycles. The highest BCUT2D eigenvalue weighted by Crippen LogP contribution is 2.48. The standard InChI is InChI=1S/C28H31F3N4O3/c29-28(30,31)38-23-8-5-20(6-9-23)7-10-25(36)35-17-21-4-3-12-27(21,19-35)18-33-26(37)24-16-22(11-13-32-24)34-14-1-2-15-34/h5-11,13,16,21H,1-4,12,14-15,17-19H2,(H,33,37)/b10-7+/t21-,27-/m0/s1. The van der Waals surface area contributed by atoms with Gasteiger partial charge in [0, 0.05) is 56.1 Å². The van der Waals surface area contributed by atoms with Gasteiger partial charge in [-0.1, -0.05) is 18.6 Å². The van der Waals surface area contributed by atoms with Gasteiger partial charge in [0.15, 0.2) is 0 Å². The molecule has 0 bridgehead atoms. The van der Waals surface area contributed by atoms with Gasteiger partial charge < -0.3 is 19.9 Å². The third-order valence-electron chi connectivity index (χ3n) is 7.93. The molecule has 3 fully saturated rings. The number of benzene rings is 1. The van der Waals surface area contributed by atoms with Crippen LogP contribution in [0, 0.1) is 11.3 Å². The maximum Gasteiger partial charge on any atom is 0.573 e. The fourth-order valence-electron chi connectivity index (χ4n) is 5.99. The number of hydrogen-bond acceptors (Lipinski definition) is 5. The van der Waals surface area contributed by atoms with Crippen LogP contribution in [-0.2, 0) is 4.79 Å². The third-order valence-corrected chi connectivity index (χ3v) is 7.93. The van der Waals surface area contributed by atoms with Crippen molar-refractivity contribution in [3.8, 4) is 5.75 Å². The second kappa shape index (κ2) is 10.7. The predicted octanol–water partition coefficient (Wildman–Crippen LogP) is 4.65. The van der Waals surface area contributed by atoms with Crippen molar-refractivity contribution in [3.63, 3.8) is 0 Å². The number of rotatable bonds is 7. The number of carbonyl (C=O) groups is 2. The molecule has 3 heterocycles. The summed E-state index contributed by atoms with van der Waals surface area (Å²) in [5, 5.41) is 3.09. The number of alkyl halides is 3. The van der Waals surface area contributed by atoms with Gasteiger partial charge in [-0.25, -0.2) is 0 Å². The molecule has 2 aromatic rings. The van der Waals surface area contributed by atoms with E-state index in [1.54, 1.807) is 17.2 Å². The topological polar surface area (TPSA) is 74.8 Å². The number of nitrogens with one attached hydrogen (secondary N) is 1. The maximum absolute atomic E-state index is 13.0. The largest absolute Gasteiger partial charge is 0.573 e. The van der Waals surface area contributed by atoms with Crippen molar-refractivity contribution in [2.45, 2.75) is 38.5 Å². The molecule has 202 valence electrons. The summed E-state index contributed by atoms with van der Waals surface area (Å²) in [4.78, 5) is 34.3. The molecule has 1 aromatic heterocycles. The smallest absolute Gasteiger partial charge is 0.406 e. The zero-order valence-electron chi connectivity index (χ0n) is 21.0. The van der Waals surface area contributed by atoms with Crippen LogP contribution in [0.15, 0.2) is 48.7 Å². The molecule has 7 nitrogen and oxygen atoms in total. The van der Waals surface area contributed by atoms with Crippen molar-refractivity contribution < 1.29 is 27.5 Å². The van der Waals surface area contributed by atoms with Gasteiger partial charge in [0.05, 0.1) is 0 Å². The Labute approximate surface area is 219 Å². The summed E-state index contributed by atoms with van der Waals surface area (Å²) >= 11 is 0. The first-order valence-corrected chi connectivity index (χ1v) is 13.0. The molecule has 10 heteroatoms. The Morgan fingerprint density at radius 2 is 1.89 bits per heavy atom. The first-order chi connectivity index (χ1) is 18.2. The minimum atomic E-state index is -4.75. The summed E-state index contributed by atoms with van der Waals surface area (Å²) < 4.78 is 40.9. The Kier molecular flexibility index (Phi) is 7.32. The summed E-state index contributed by atoms with van der Waals surface area (Å²) in [6.07, 6.45) is 5.28. The summed E-state index contributed by atoms with van der Waals surface area (Å²) in [6.45, 7) is 3.65. The lowest BCUT2D eigenvalue weighted by Gasteiger charge is -2.29. The van der Waals surface area contributed by atoms with Gasteiger partial charge in [-0.3, -0.25) is 14.6 Å². The van der Waals surface area contributed by atoms with Gasteiger partial charge in [-0.2, -0.15) is 0 Å². The first kappa shape index (κ1) is 26.1. The summed E-state index contributed by atoms with van der Waals surface area (Å²) in [7, 11) is 0. The molecule has 2 atom stereocenters. The van der Waals surface area contributed by atoms with Gasteiger partial charge in [0.25, 0.3) is 5.91 Å². The van der Waals surface area contributed by atoms with E-state index in [2.05, 4.69) is 19.9 Å². The van der Waals surface area contributed by atoms with Crippen LogP contribution in [0.1, 0.15) is 48.2 Å². The molecular formula is C28H31F3N4O3. The minimum Gasteiger partial charge on any atom is -0.406 e. The van der Waals surface area contributed by atoms with E-state index in [4.69, 9.17) is 0 Å². The van der Waals surface area contributed by atoms with Crippen molar-refractivity contribution >= 4 is 23.6 Å². The van der Waals surface area contributed by atoms with Crippen LogP contribution in [0.5, 0.6) is 5.75 Å². The molecule has 0 radical (unpaired) electrons. The molecule has 1 N–H and O–H groups in total. The lowest BCUT2D eigenvalue weighted by molar-refractivity contribution is -0.274. The van der Waals surface area contributed by atoms with Crippen LogP contribution < -0.4 is 15.0 Å². The van der Waals surface area contributed by atoms with Crippen LogP contribution >= 0.6 is 0 Å². The summed E-state index contributed by atoms with van der Waals surface area (Å²) in [6, 6.07) is 9.14. The van der Waals surface area contributed by atoms with Crippen LogP contribution in [-0.4, -0.2) is 60.8 Å². The van der Waals surface area contributed by atoms with E-state index < -0.39 is 6.36 Å². The second-order valence-corrected chi connectivity index (χ2v) is 10.4. The molecule has 1 saturated carbocycles. The Balaban J connectivity index is 1.18. The van der Waals surface area contributed by atoms with Gasteiger partial charge in [-0.15, -0.1) is 13.2 Å². The van der Waals surface area contributed by atoms with Crippen molar-refractivity contribution in [1.29, 1.82) is 0 Å². The first-order valence-electron chi connectivity index (χ1n) is 13.0. The molecule has 2 amide bonds. The van der Waals surface area contributed by atoms with Crippen LogP contribution in [0.3, 0.4) is 0 Å². The van der Waals surface area contributed by atoms with E-state index in [1.807, 2.05) is 12.1 Å². The predicted molar refractivity (Wildman–Crippen MR) is 137 cm³/mol. The minimum absolute atomic E-state index is 0.152. The monoisotopic (exact) mass is 528 g/mol. The van der Waals surface area contributed by atoms with Gasteiger partial charge in [-0.05, 0) is 67.5 Å². The number of halogens is 3. The Bertz CT molecular complexity index is 1190. The quantitative estimate of drug-likeness (QED) is 0.530. The summed E-state index contributed by atoms with van der Waals surface area (Å²) in [5.41, 5.74) is 1.85. The normalized spacial score (nSPS) is 23.2. The van der Waals surface area contributed by atoms with Crippen molar-refractivity contribution in [2.75, 3.05) is 37.6 Å². The van der Waals surface area contributed by atoms with Crippen molar-refractivity contribution in [2.24, 2.45) is 11.3 Å². The zero-order chi connectivity index (χ0) is 26.8. The Morgan fingerprint density at radius 1 is 1.13 bits per heavy atom. The van der Waals surface area contributed by atoms with E-state index in [1.165, 1.54) is 30.3 Å². The lowest BCUT2D eigenvalue weighted by Crippen LogP contribution is -2.41. The lowest BCUT2D eigenvalue weighted by atomic mass is 9.80. The molecule has 0 unspecified atom stereocenters. The fraction of sp³-hybridized carbons (Fsp3) is 0.464. The van der Waals surface area contributed by atoms with Gasteiger partial charge in [0.1, 0.15) is 11.4 Å². The number of nitrogens with zero attached hydrogens (tertiary/aromatic N) is 3. The number of amides is 2. The average molecular weight is 529 g/mol. The fourth-order valence-corrected chi connectivity index (χ4v) is 5.99. The third kappa shape index (κ3) is 5.95. The molecule has 5 rings (SSSR count). The number of aromatic nitrogens is 1. The van der Waals surface area contributed by atoms with E-state index in [0.717, 1.165) is 50.9 Å². The number of likely N-dealkylation sites (tertiary alicyclic amines) is 1. The van der Waals surface area contributed by atoms with Crippen molar-refractivity contribution in [3.05, 3.63) is 59.9 Å². The molecule has 3 aliphatic rings.